The van der Waals surface area contributed by atoms with E-state index in [2.05, 4.69) is 25.6 Å². The van der Waals surface area contributed by atoms with Crippen LogP contribution in [0.25, 0.3) is 5.69 Å². The lowest BCUT2D eigenvalue weighted by Crippen LogP contribution is -2.50. The van der Waals surface area contributed by atoms with Gasteiger partial charge in [-0.3, -0.25) is 9.69 Å². The zero-order chi connectivity index (χ0) is 20.8. The average Bonchev–Trinajstić information content (AvgIpc) is 3.29. The first-order chi connectivity index (χ1) is 14.0. The highest BCUT2D eigenvalue weighted by Gasteiger charge is 2.24. The lowest BCUT2D eigenvalue weighted by Gasteiger charge is -2.34. The molecule has 0 aliphatic carbocycles. The van der Waals surface area contributed by atoms with Crippen molar-refractivity contribution in [3.8, 4) is 5.69 Å². The van der Waals surface area contributed by atoms with Gasteiger partial charge in [-0.15, -0.1) is 0 Å². The van der Waals surface area contributed by atoms with E-state index in [1.165, 1.54) is 6.33 Å². The lowest BCUT2D eigenvalue weighted by molar-refractivity contribution is -0.122. The Balaban J connectivity index is 1.50. The number of benzene rings is 1. The third kappa shape index (κ3) is 5.32. The molecule has 1 unspecified atom stereocenters. The Morgan fingerprint density at radius 2 is 1.93 bits per heavy atom. The van der Waals surface area contributed by atoms with Gasteiger partial charge in [0.1, 0.15) is 12.7 Å². The number of amides is 3. The van der Waals surface area contributed by atoms with Crippen LogP contribution in [0.15, 0.2) is 36.9 Å². The third-order valence-corrected chi connectivity index (χ3v) is 5.52. The van der Waals surface area contributed by atoms with Crippen molar-refractivity contribution in [1.29, 1.82) is 0 Å². The number of carbonyl (C=O) groups is 2. The summed E-state index contributed by atoms with van der Waals surface area (Å²) < 4.78 is 1.70. The Morgan fingerprint density at radius 3 is 2.52 bits per heavy atom. The molecule has 1 atom stereocenters. The van der Waals surface area contributed by atoms with Gasteiger partial charge in [-0.1, -0.05) is 12.1 Å². The molecule has 1 saturated heterocycles. The van der Waals surface area contributed by atoms with Gasteiger partial charge < -0.3 is 15.5 Å². The summed E-state index contributed by atoms with van der Waals surface area (Å²) in [4.78, 5) is 32.0. The second kappa shape index (κ2) is 9.51. The molecule has 29 heavy (non-hydrogen) atoms. The van der Waals surface area contributed by atoms with Gasteiger partial charge in [-0.05, 0) is 37.5 Å². The van der Waals surface area contributed by atoms with E-state index < -0.39 is 0 Å². The normalized spacial score (nSPS) is 16.2. The van der Waals surface area contributed by atoms with Crippen LogP contribution in [0.3, 0.4) is 0 Å². The van der Waals surface area contributed by atoms with E-state index in [1.54, 1.807) is 23.0 Å². The highest BCUT2D eigenvalue weighted by Crippen LogP contribution is 2.21. The predicted octanol–water partition coefficient (Wildman–Crippen LogP) is 1.18. The van der Waals surface area contributed by atoms with Crippen LogP contribution in [0.1, 0.15) is 31.4 Å². The summed E-state index contributed by atoms with van der Waals surface area (Å²) in [5.41, 5.74) is 1.97. The van der Waals surface area contributed by atoms with Crippen LogP contribution < -0.4 is 10.6 Å². The molecule has 3 amide bonds. The third-order valence-electron chi connectivity index (χ3n) is 5.52. The number of urea groups is 1. The number of likely N-dealkylation sites (N-methyl/N-ethyl adjacent to an activating group) is 1. The van der Waals surface area contributed by atoms with Gasteiger partial charge in [0, 0.05) is 33.2 Å². The van der Waals surface area contributed by atoms with Crippen LogP contribution in [0, 0.1) is 0 Å². The van der Waals surface area contributed by atoms with Crippen LogP contribution in [0.4, 0.5) is 4.79 Å². The highest BCUT2D eigenvalue weighted by molar-refractivity contribution is 5.77. The number of aromatic nitrogens is 3. The van der Waals surface area contributed by atoms with Crippen LogP contribution in [0.5, 0.6) is 0 Å². The van der Waals surface area contributed by atoms with Crippen LogP contribution in [-0.4, -0.2) is 76.3 Å². The van der Waals surface area contributed by atoms with Crippen molar-refractivity contribution in [2.75, 3.05) is 33.7 Å². The molecule has 2 N–H and O–H groups in total. The molecule has 0 saturated carbocycles. The van der Waals surface area contributed by atoms with Gasteiger partial charge in [0.2, 0.25) is 5.91 Å². The maximum absolute atomic E-state index is 12.7. The fraction of sp³-hybridized carbons (Fsp3) is 0.500. The van der Waals surface area contributed by atoms with Crippen molar-refractivity contribution in [3.63, 3.8) is 0 Å². The molecule has 1 aliphatic heterocycles. The Bertz CT molecular complexity index is 799. The Morgan fingerprint density at radius 1 is 1.24 bits per heavy atom. The fourth-order valence-electron chi connectivity index (χ4n) is 3.44. The summed E-state index contributed by atoms with van der Waals surface area (Å²) >= 11 is 0. The Hall–Kier alpha value is -2.94. The molecule has 0 spiro atoms. The Labute approximate surface area is 171 Å². The van der Waals surface area contributed by atoms with Gasteiger partial charge in [0.25, 0.3) is 0 Å². The molecule has 156 valence electrons. The van der Waals surface area contributed by atoms with Gasteiger partial charge in [-0.25, -0.2) is 14.5 Å². The van der Waals surface area contributed by atoms with E-state index in [0.29, 0.717) is 6.54 Å². The molecular weight excluding hydrogens is 370 g/mol. The minimum Gasteiger partial charge on any atom is -0.358 e. The number of nitrogens with one attached hydrogen (secondary N) is 2. The molecule has 1 aliphatic rings. The fourth-order valence-corrected chi connectivity index (χ4v) is 3.44. The van der Waals surface area contributed by atoms with Crippen molar-refractivity contribution in [1.82, 2.24) is 35.2 Å². The predicted molar refractivity (Wildman–Crippen MR) is 110 cm³/mol. The van der Waals surface area contributed by atoms with Gasteiger partial charge in [0.05, 0.1) is 18.3 Å². The van der Waals surface area contributed by atoms with E-state index in [1.807, 2.05) is 38.2 Å². The maximum Gasteiger partial charge on any atom is 0.317 e. The van der Waals surface area contributed by atoms with Gasteiger partial charge >= 0.3 is 6.03 Å². The van der Waals surface area contributed by atoms with E-state index in [9.17, 15) is 9.59 Å². The second-order valence-electron chi connectivity index (χ2n) is 7.39. The van der Waals surface area contributed by atoms with E-state index in [0.717, 1.165) is 37.2 Å². The lowest BCUT2D eigenvalue weighted by atomic mass is 10.0. The van der Waals surface area contributed by atoms with E-state index in [-0.39, 0.29) is 24.0 Å². The van der Waals surface area contributed by atoms with Crippen LogP contribution in [-0.2, 0) is 4.79 Å². The summed E-state index contributed by atoms with van der Waals surface area (Å²) in [6, 6.07) is 7.93. The molecule has 2 heterocycles. The minimum atomic E-state index is -0.0809. The van der Waals surface area contributed by atoms with Crippen molar-refractivity contribution < 1.29 is 9.59 Å². The molecule has 0 bridgehead atoms. The van der Waals surface area contributed by atoms with Gasteiger partial charge in [-0.2, -0.15) is 5.10 Å². The molecule has 2 aromatic rings. The molecule has 9 nitrogen and oxygen atoms in total. The summed E-state index contributed by atoms with van der Waals surface area (Å²) in [7, 11) is 3.46. The number of hydrogen-bond donors (Lipinski definition) is 2. The first-order valence-electron chi connectivity index (χ1n) is 9.89. The summed E-state index contributed by atoms with van der Waals surface area (Å²) in [6.07, 6.45) is 4.84. The largest absolute Gasteiger partial charge is 0.358 e. The summed E-state index contributed by atoms with van der Waals surface area (Å²) in [6.45, 7) is 4.04. The molecule has 0 radical (unpaired) electrons. The summed E-state index contributed by atoms with van der Waals surface area (Å²) in [5.74, 6) is 0.0240. The molecule has 1 aromatic heterocycles. The second-order valence-corrected chi connectivity index (χ2v) is 7.39. The number of piperidine rings is 1. The van der Waals surface area contributed by atoms with Crippen molar-refractivity contribution >= 4 is 11.9 Å². The monoisotopic (exact) mass is 399 g/mol. The minimum absolute atomic E-state index is 0.0240. The molecule has 1 fully saturated rings. The standard InChI is InChI=1S/C20H29N7O2/c1-15(16-4-6-18(7-5-16)27-14-22-13-23-27)25(3)20(29)24-17-8-10-26(11-9-17)12-19(28)21-2/h4-7,13-15,17H,8-12H2,1-3H3,(H,21,28)(H,24,29). The molecule has 3 rings (SSSR count). The number of nitrogens with zero attached hydrogens (tertiary/aromatic N) is 5. The van der Waals surface area contributed by atoms with Gasteiger partial charge in [0.15, 0.2) is 0 Å². The molecule has 1 aromatic carbocycles. The van der Waals surface area contributed by atoms with Crippen molar-refractivity contribution in [2.45, 2.75) is 31.8 Å². The number of rotatable bonds is 6. The van der Waals surface area contributed by atoms with Crippen LogP contribution in [0.2, 0.25) is 0 Å². The average molecular weight is 399 g/mol. The number of hydrogen-bond acceptors (Lipinski definition) is 5. The van der Waals surface area contributed by atoms with E-state index in [4.69, 9.17) is 0 Å². The molecular formula is C20H29N7O2. The first-order valence-corrected chi connectivity index (χ1v) is 9.89. The molecule has 9 heteroatoms. The number of carbonyl (C=O) groups excluding carboxylic acids is 2. The smallest absolute Gasteiger partial charge is 0.317 e. The van der Waals surface area contributed by atoms with Crippen molar-refractivity contribution in [3.05, 3.63) is 42.5 Å². The maximum atomic E-state index is 12.7. The van der Waals surface area contributed by atoms with Crippen molar-refractivity contribution in [2.24, 2.45) is 0 Å². The topological polar surface area (TPSA) is 95.4 Å². The number of likely N-dealkylation sites (tertiary alicyclic amines) is 1. The SMILES string of the molecule is CNC(=O)CN1CCC(NC(=O)N(C)C(C)c2ccc(-n3cncn3)cc2)CC1. The van der Waals surface area contributed by atoms with Crippen LogP contribution >= 0.6 is 0 Å². The highest BCUT2D eigenvalue weighted by atomic mass is 16.2. The van der Waals surface area contributed by atoms with E-state index >= 15 is 0 Å². The summed E-state index contributed by atoms with van der Waals surface area (Å²) in [5, 5.41) is 9.89. The zero-order valence-electron chi connectivity index (χ0n) is 17.2. The first kappa shape index (κ1) is 20.8. The quantitative estimate of drug-likeness (QED) is 0.761. The Kier molecular flexibility index (Phi) is 6.82. The zero-order valence-corrected chi connectivity index (χ0v) is 17.2.